The summed E-state index contributed by atoms with van der Waals surface area (Å²) in [7, 11) is 0. The Balaban J connectivity index is 1.26. The number of nitrogens with zero attached hydrogens (tertiary/aromatic N) is 4. The summed E-state index contributed by atoms with van der Waals surface area (Å²) in [5.74, 6) is 2.19. The molecule has 31 heavy (non-hydrogen) atoms. The molecule has 1 aliphatic heterocycles. The lowest BCUT2D eigenvalue weighted by Crippen LogP contribution is -2.39. The van der Waals surface area contributed by atoms with Gasteiger partial charge in [-0.3, -0.25) is 10.1 Å². The van der Waals surface area contributed by atoms with Crippen molar-refractivity contribution in [2.24, 2.45) is 0 Å². The van der Waals surface area contributed by atoms with Crippen LogP contribution in [0.3, 0.4) is 0 Å². The van der Waals surface area contributed by atoms with Crippen LogP contribution >= 0.6 is 0 Å². The van der Waals surface area contributed by atoms with Crippen LogP contribution in [-0.2, 0) is 11.3 Å². The van der Waals surface area contributed by atoms with Crippen molar-refractivity contribution in [3.63, 3.8) is 0 Å². The van der Waals surface area contributed by atoms with Crippen molar-refractivity contribution in [2.75, 3.05) is 18.5 Å². The zero-order valence-electron chi connectivity index (χ0n) is 17.3. The van der Waals surface area contributed by atoms with E-state index in [0.717, 1.165) is 42.1 Å². The molecular formula is C23H26N6O2. The lowest BCUT2D eigenvalue weighted by atomic mass is 10.2. The van der Waals surface area contributed by atoms with E-state index in [0.29, 0.717) is 24.8 Å². The van der Waals surface area contributed by atoms with E-state index in [4.69, 9.17) is 4.74 Å². The number of benzene rings is 1. The van der Waals surface area contributed by atoms with Crippen LogP contribution in [0.25, 0.3) is 11.4 Å². The number of pyridine rings is 1. The van der Waals surface area contributed by atoms with Gasteiger partial charge in [-0.25, -0.2) is 9.78 Å². The summed E-state index contributed by atoms with van der Waals surface area (Å²) in [6.45, 7) is 1.80. The monoisotopic (exact) mass is 418 g/mol. The molecule has 3 aromatic rings. The van der Waals surface area contributed by atoms with Crippen LogP contribution in [0.5, 0.6) is 0 Å². The number of rotatable bonds is 7. The molecule has 1 unspecified atom stereocenters. The molecule has 1 aliphatic carbocycles. The fraction of sp³-hybridized carbons (Fsp3) is 0.391. The number of urea groups is 1. The summed E-state index contributed by atoms with van der Waals surface area (Å²) in [4.78, 5) is 23.6. The first kappa shape index (κ1) is 19.7. The first-order valence-corrected chi connectivity index (χ1v) is 10.8. The zero-order chi connectivity index (χ0) is 21.0. The highest BCUT2D eigenvalue weighted by Gasteiger charge is 2.27. The van der Waals surface area contributed by atoms with Crippen molar-refractivity contribution in [2.45, 2.75) is 44.2 Å². The van der Waals surface area contributed by atoms with Gasteiger partial charge in [-0.2, -0.15) is 5.10 Å². The lowest BCUT2D eigenvalue weighted by molar-refractivity contribution is 0.0819. The Morgan fingerprint density at radius 2 is 2.06 bits per heavy atom. The standard InChI is InChI=1S/C23H26N6O2/c30-23(29(15-20-4-2-12-31-20)14-16-3-1-11-24-13-16)25-19-9-7-18(8-10-19)22-26-21(27-28-22)17-5-6-17/h1,3,7-11,13,17,20H,2,4-6,12,14-15H2,(H,25,30)(H,26,27,28). The molecule has 2 amide bonds. The maximum atomic E-state index is 13.1. The number of aromatic amines is 1. The van der Waals surface area contributed by atoms with Gasteiger partial charge in [0.2, 0.25) is 0 Å². The summed E-state index contributed by atoms with van der Waals surface area (Å²) in [6.07, 6.45) is 7.98. The quantitative estimate of drug-likeness (QED) is 0.606. The maximum Gasteiger partial charge on any atom is 0.322 e. The van der Waals surface area contributed by atoms with E-state index >= 15 is 0 Å². The molecule has 1 aromatic carbocycles. The molecular weight excluding hydrogens is 392 g/mol. The van der Waals surface area contributed by atoms with Gasteiger partial charge in [0.15, 0.2) is 5.82 Å². The van der Waals surface area contributed by atoms with Crippen LogP contribution in [0.2, 0.25) is 0 Å². The molecule has 2 N–H and O–H groups in total. The van der Waals surface area contributed by atoms with E-state index in [1.807, 2.05) is 36.4 Å². The first-order valence-electron chi connectivity index (χ1n) is 10.8. The zero-order valence-corrected chi connectivity index (χ0v) is 17.3. The molecule has 1 atom stereocenters. The number of anilines is 1. The normalized spacial score (nSPS) is 18.1. The number of hydrogen-bond acceptors (Lipinski definition) is 5. The Hall–Kier alpha value is -3.26. The van der Waals surface area contributed by atoms with E-state index in [2.05, 4.69) is 25.5 Å². The third-order valence-electron chi connectivity index (χ3n) is 5.69. The predicted octanol–water partition coefficient (Wildman–Crippen LogP) is 3.96. The van der Waals surface area contributed by atoms with E-state index in [-0.39, 0.29) is 12.1 Å². The molecule has 8 heteroatoms. The van der Waals surface area contributed by atoms with Crippen molar-refractivity contribution in [1.82, 2.24) is 25.1 Å². The SMILES string of the molecule is O=C(Nc1ccc(-c2n[nH]c(C3CC3)n2)cc1)N(Cc1cccnc1)CC1CCCO1. The van der Waals surface area contributed by atoms with Crippen LogP contribution < -0.4 is 5.32 Å². The molecule has 1 saturated heterocycles. The molecule has 5 rings (SSSR count). The topological polar surface area (TPSA) is 96.0 Å². The number of carbonyl (C=O) groups excluding carboxylic acids is 1. The van der Waals surface area contributed by atoms with Gasteiger partial charge in [0, 0.05) is 49.3 Å². The second-order valence-electron chi connectivity index (χ2n) is 8.20. The van der Waals surface area contributed by atoms with Crippen molar-refractivity contribution in [3.05, 3.63) is 60.2 Å². The number of hydrogen-bond donors (Lipinski definition) is 2. The first-order chi connectivity index (χ1) is 15.2. The van der Waals surface area contributed by atoms with E-state index in [1.54, 1.807) is 17.3 Å². The van der Waals surface area contributed by atoms with Crippen LogP contribution in [0.4, 0.5) is 10.5 Å². The molecule has 8 nitrogen and oxygen atoms in total. The third kappa shape index (κ3) is 4.91. The Labute approximate surface area is 181 Å². The second kappa shape index (κ2) is 8.85. The third-order valence-corrected chi connectivity index (χ3v) is 5.69. The highest BCUT2D eigenvalue weighted by molar-refractivity contribution is 5.89. The molecule has 0 bridgehead atoms. The fourth-order valence-electron chi connectivity index (χ4n) is 3.81. The second-order valence-corrected chi connectivity index (χ2v) is 8.20. The Morgan fingerprint density at radius 3 is 2.77 bits per heavy atom. The number of amides is 2. The smallest absolute Gasteiger partial charge is 0.322 e. The van der Waals surface area contributed by atoms with Crippen LogP contribution in [0, 0.1) is 0 Å². The van der Waals surface area contributed by atoms with Gasteiger partial charge >= 0.3 is 6.03 Å². The van der Waals surface area contributed by atoms with Gasteiger partial charge in [-0.15, -0.1) is 0 Å². The number of nitrogens with one attached hydrogen (secondary N) is 2. The van der Waals surface area contributed by atoms with Gasteiger partial charge in [-0.1, -0.05) is 6.07 Å². The summed E-state index contributed by atoms with van der Waals surface area (Å²) >= 11 is 0. The molecule has 2 fully saturated rings. The van der Waals surface area contributed by atoms with Gasteiger partial charge < -0.3 is 15.0 Å². The van der Waals surface area contributed by atoms with Crippen molar-refractivity contribution < 1.29 is 9.53 Å². The predicted molar refractivity (Wildman–Crippen MR) is 116 cm³/mol. The Morgan fingerprint density at radius 1 is 1.19 bits per heavy atom. The molecule has 2 aliphatic rings. The molecule has 0 spiro atoms. The van der Waals surface area contributed by atoms with E-state index in [9.17, 15) is 4.79 Å². The Bertz CT molecular complexity index is 1010. The highest BCUT2D eigenvalue weighted by Crippen LogP contribution is 2.38. The van der Waals surface area contributed by atoms with Crippen molar-refractivity contribution in [1.29, 1.82) is 0 Å². The van der Waals surface area contributed by atoms with Gasteiger partial charge in [0.25, 0.3) is 0 Å². The number of ether oxygens (including phenoxy) is 1. The van der Waals surface area contributed by atoms with Gasteiger partial charge in [-0.05, 0) is 61.6 Å². The summed E-state index contributed by atoms with van der Waals surface area (Å²) in [6, 6.07) is 11.3. The summed E-state index contributed by atoms with van der Waals surface area (Å²) in [5.41, 5.74) is 2.64. The largest absolute Gasteiger partial charge is 0.376 e. The molecule has 1 saturated carbocycles. The number of aromatic nitrogens is 4. The summed E-state index contributed by atoms with van der Waals surface area (Å²) < 4.78 is 5.76. The minimum Gasteiger partial charge on any atom is -0.376 e. The average Bonchev–Trinajstić information content (AvgIpc) is 3.30. The number of carbonyl (C=O) groups is 1. The minimum atomic E-state index is -0.152. The van der Waals surface area contributed by atoms with Crippen LogP contribution in [0.1, 0.15) is 43.0 Å². The molecule has 160 valence electrons. The van der Waals surface area contributed by atoms with Crippen LogP contribution in [0.15, 0.2) is 48.8 Å². The van der Waals surface area contributed by atoms with Gasteiger partial charge in [0.05, 0.1) is 6.10 Å². The minimum absolute atomic E-state index is 0.0798. The molecule has 3 heterocycles. The molecule has 0 radical (unpaired) electrons. The van der Waals surface area contributed by atoms with Crippen molar-refractivity contribution in [3.8, 4) is 11.4 Å². The average molecular weight is 419 g/mol. The number of H-pyrrole nitrogens is 1. The van der Waals surface area contributed by atoms with Gasteiger partial charge in [0.1, 0.15) is 5.82 Å². The van der Waals surface area contributed by atoms with Crippen molar-refractivity contribution >= 4 is 11.7 Å². The van der Waals surface area contributed by atoms with E-state index < -0.39 is 0 Å². The van der Waals surface area contributed by atoms with Crippen LogP contribution in [-0.4, -0.2) is 50.4 Å². The summed E-state index contributed by atoms with van der Waals surface area (Å²) in [5, 5.41) is 10.4. The van der Waals surface area contributed by atoms with E-state index in [1.165, 1.54) is 12.8 Å². The molecule has 2 aromatic heterocycles. The lowest BCUT2D eigenvalue weighted by Gasteiger charge is -2.26. The Kier molecular flexibility index (Phi) is 5.62. The fourth-order valence-corrected chi connectivity index (χ4v) is 3.81. The highest BCUT2D eigenvalue weighted by atomic mass is 16.5. The maximum absolute atomic E-state index is 13.1.